The van der Waals surface area contributed by atoms with Crippen molar-refractivity contribution in [2.75, 3.05) is 44.2 Å². The van der Waals surface area contributed by atoms with Gasteiger partial charge in [-0.1, -0.05) is 0 Å². The van der Waals surface area contributed by atoms with E-state index in [4.69, 9.17) is 4.74 Å². The molecule has 3 heterocycles. The van der Waals surface area contributed by atoms with Crippen molar-refractivity contribution in [1.29, 1.82) is 0 Å². The smallest absolute Gasteiger partial charge is 0.366 e. The van der Waals surface area contributed by atoms with E-state index in [2.05, 4.69) is 29.9 Å². The molecular weight excluding hydrogens is 341 g/mol. The second kappa shape index (κ2) is 8.65. The van der Waals surface area contributed by atoms with Crippen LogP contribution in [0.1, 0.15) is 12.8 Å². The summed E-state index contributed by atoms with van der Waals surface area (Å²) in [5, 5.41) is 3.86. The summed E-state index contributed by atoms with van der Waals surface area (Å²) in [5.41, 5.74) is -0.425. The Bertz CT molecular complexity index is 760. The predicted molar refractivity (Wildman–Crippen MR) is 92.6 cm³/mol. The van der Waals surface area contributed by atoms with Crippen molar-refractivity contribution in [3.63, 3.8) is 0 Å². The maximum atomic E-state index is 12.9. The van der Waals surface area contributed by atoms with E-state index in [9.17, 15) is 9.18 Å². The standard InChI is InChI=1S/C16H22FN7O2/c1-22-16(25)21-14(12-20-22)26-9-3-2-4-23-5-7-24(8-6-23)15-18-10-13(17)11-19-15/h10-12H,2-9H2,1H3. The number of anilines is 1. The number of halogens is 1. The minimum Gasteiger partial charge on any atom is -0.476 e. The van der Waals surface area contributed by atoms with Crippen molar-refractivity contribution in [2.24, 2.45) is 7.05 Å². The Morgan fingerprint density at radius 2 is 1.85 bits per heavy atom. The molecule has 0 saturated carbocycles. The lowest BCUT2D eigenvalue weighted by molar-refractivity contribution is 0.235. The van der Waals surface area contributed by atoms with E-state index in [1.165, 1.54) is 18.6 Å². The van der Waals surface area contributed by atoms with Crippen LogP contribution in [-0.2, 0) is 7.05 Å². The number of ether oxygens (including phenoxy) is 1. The summed E-state index contributed by atoms with van der Waals surface area (Å²) in [7, 11) is 1.54. The molecular formula is C16H22FN7O2. The van der Waals surface area contributed by atoms with Crippen molar-refractivity contribution in [3.05, 3.63) is 34.9 Å². The SMILES string of the molecule is Cn1ncc(OCCCCN2CCN(c3ncc(F)cn3)CC2)nc1=O. The van der Waals surface area contributed by atoms with Crippen LogP contribution in [0.2, 0.25) is 0 Å². The summed E-state index contributed by atoms with van der Waals surface area (Å²) in [5.74, 6) is 0.423. The molecule has 0 bridgehead atoms. The Hall–Kier alpha value is -2.62. The molecule has 1 aliphatic heterocycles. The third-order valence-corrected chi connectivity index (χ3v) is 4.20. The second-order valence-electron chi connectivity index (χ2n) is 6.09. The molecule has 0 radical (unpaired) electrons. The summed E-state index contributed by atoms with van der Waals surface area (Å²) < 4.78 is 19.5. The minimum atomic E-state index is -0.425. The molecule has 2 aromatic heterocycles. The second-order valence-corrected chi connectivity index (χ2v) is 6.09. The van der Waals surface area contributed by atoms with Crippen LogP contribution in [0.15, 0.2) is 23.4 Å². The molecule has 1 saturated heterocycles. The van der Waals surface area contributed by atoms with Gasteiger partial charge in [-0.25, -0.2) is 23.8 Å². The van der Waals surface area contributed by atoms with Crippen LogP contribution < -0.4 is 15.3 Å². The van der Waals surface area contributed by atoms with E-state index in [-0.39, 0.29) is 5.88 Å². The molecule has 0 aliphatic carbocycles. The summed E-state index contributed by atoms with van der Waals surface area (Å²) >= 11 is 0. The van der Waals surface area contributed by atoms with E-state index in [0.717, 1.165) is 50.2 Å². The Kier molecular flexibility index (Phi) is 6.05. The summed E-state index contributed by atoms with van der Waals surface area (Å²) in [6.07, 6.45) is 5.70. The van der Waals surface area contributed by atoms with Gasteiger partial charge in [0.2, 0.25) is 11.8 Å². The first-order valence-corrected chi connectivity index (χ1v) is 8.60. The van der Waals surface area contributed by atoms with Gasteiger partial charge in [0.15, 0.2) is 5.82 Å². The molecule has 10 heteroatoms. The predicted octanol–water partition coefficient (Wildman–Crippen LogP) is 0.0856. The molecule has 0 atom stereocenters. The van der Waals surface area contributed by atoms with E-state index in [1.807, 2.05) is 0 Å². The molecule has 0 aromatic carbocycles. The first-order chi connectivity index (χ1) is 12.6. The Morgan fingerprint density at radius 3 is 2.54 bits per heavy atom. The number of hydrogen-bond donors (Lipinski definition) is 0. The highest BCUT2D eigenvalue weighted by Crippen LogP contribution is 2.11. The zero-order chi connectivity index (χ0) is 18.4. The largest absolute Gasteiger partial charge is 0.476 e. The number of unbranched alkanes of at least 4 members (excludes halogenated alkanes) is 1. The normalized spacial score (nSPS) is 15.2. The van der Waals surface area contributed by atoms with Crippen molar-refractivity contribution in [1.82, 2.24) is 29.6 Å². The van der Waals surface area contributed by atoms with Gasteiger partial charge in [0.05, 0.1) is 19.0 Å². The number of piperazine rings is 1. The van der Waals surface area contributed by atoms with Crippen LogP contribution in [0, 0.1) is 5.82 Å². The van der Waals surface area contributed by atoms with Gasteiger partial charge in [-0.2, -0.15) is 10.1 Å². The van der Waals surface area contributed by atoms with Crippen LogP contribution in [0.25, 0.3) is 0 Å². The molecule has 9 nitrogen and oxygen atoms in total. The number of nitrogens with zero attached hydrogens (tertiary/aromatic N) is 7. The third kappa shape index (κ3) is 4.94. The highest BCUT2D eigenvalue weighted by molar-refractivity contribution is 5.29. The van der Waals surface area contributed by atoms with Crippen LogP contribution in [-0.4, -0.2) is 69.0 Å². The van der Waals surface area contributed by atoms with Crippen LogP contribution in [0.3, 0.4) is 0 Å². The maximum Gasteiger partial charge on any atom is 0.366 e. The van der Waals surface area contributed by atoms with Gasteiger partial charge in [-0.15, -0.1) is 0 Å². The van der Waals surface area contributed by atoms with Crippen LogP contribution in [0.4, 0.5) is 10.3 Å². The maximum absolute atomic E-state index is 12.9. The quantitative estimate of drug-likeness (QED) is 0.639. The first kappa shape index (κ1) is 18.2. The molecule has 0 spiro atoms. The molecule has 0 unspecified atom stereocenters. The van der Waals surface area contributed by atoms with Gasteiger partial charge in [-0.3, -0.25) is 4.90 Å². The third-order valence-electron chi connectivity index (χ3n) is 4.20. The molecule has 1 aliphatic rings. The molecule has 1 fully saturated rings. The van der Waals surface area contributed by atoms with Gasteiger partial charge in [-0.05, 0) is 19.4 Å². The fraction of sp³-hybridized carbons (Fsp3) is 0.562. The highest BCUT2D eigenvalue weighted by Gasteiger charge is 2.18. The van der Waals surface area contributed by atoms with Gasteiger partial charge >= 0.3 is 5.69 Å². The monoisotopic (exact) mass is 363 g/mol. The highest BCUT2D eigenvalue weighted by atomic mass is 19.1. The fourth-order valence-electron chi connectivity index (χ4n) is 2.70. The topological polar surface area (TPSA) is 89.3 Å². The lowest BCUT2D eigenvalue weighted by Crippen LogP contribution is -2.47. The Morgan fingerprint density at radius 1 is 1.12 bits per heavy atom. The number of aromatic nitrogens is 5. The van der Waals surface area contributed by atoms with Gasteiger partial charge < -0.3 is 9.64 Å². The average Bonchev–Trinajstić information content (AvgIpc) is 2.65. The van der Waals surface area contributed by atoms with Gasteiger partial charge in [0.1, 0.15) is 6.20 Å². The van der Waals surface area contributed by atoms with Crippen molar-refractivity contribution >= 4 is 5.95 Å². The number of aryl methyl sites for hydroxylation is 1. The Balaban J connectivity index is 1.32. The molecule has 26 heavy (non-hydrogen) atoms. The lowest BCUT2D eigenvalue weighted by atomic mass is 10.2. The lowest BCUT2D eigenvalue weighted by Gasteiger charge is -2.34. The molecule has 0 N–H and O–H groups in total. The van der Waals surface area contributed by atoms with Gasteiger partial charge in [0, 0.05) is 33.2 Å². The van der Waals surface area contributed by atoms with E-state index in [1.54, 1.807) is 7.05 Å². The molecule has 140 valence electrons. The number of rotatable bonds is 7. The molecule has 0 amide bonds. The van der Waals surface area contributed by atoms with E-state index in [0.29, 0.717) is 12.6 Å². The van der Waals surface area contributed by atoms with Crippen molar-refractivity contribution < 1.29 is 9.13 Å². The van der Waals surface area contributed by atoms with E-state index >= 15 is 0 Å². The molecule has 2 aromatic rings. The summed E-state index contributed by atoms with van der Waals surface area (Å²) in [6.45, 7) is 4.97. The Labute approximate surface area is 150 Å². The molecule has 3 rings (SSSR count). The minimum absolute atomic E-state index is 0.265. The summed E-state index contributed by atoms with van der Waals surface area (Å²) in [4.78, 5) is 27.6. The average molecular weight is 363 g/mol. The van der Waals surface area contributed by atoms with Crippen LogP contribution in [0.5, 0.6) is 5.88 Å². The zero-order valence-electron chi connectivity index (χ0n) is 14.7. The first-order valence-electron chi connectivity index (χ1n) is 8.60. The van der Waals surface area contributed by atoms with Gasteiger partial charge in [0.25, 0.3) is 0 Å². The number of hydrogen-bond acceptors (Lipinski definition) is 8. The summed E-state index contributed by atoms with van der Waals surface area (Å²) in [6, 6.07) is 0. The zero-order valence-corrected chi connectivity index (χ0v) is 14.7. The van der Waals surface area contributed by atoms with E-state index < -0.39 is 11.5 Å². The van der Waals surface area contributed by atoms with Crippen LogP contribution >= 0.6 is 0 Å². The van der Waals surface area contributed by atoms with Crippen molar-refractivity contribution in [2.45, 2.75) is 12.8 Å². The van der Waals surface area contributed by atoms with Crippen molar-refractivity contribution in [3.8, 4) is 5.88 Å². The fourth-order valence-corrected chi connectivity index (χ4v) is 2.70.